The zero-order valence-corrected chi connectivity index (χ0v) is 17.7. The molecule has 2 aromatic carbocycles. The van der Waals surface area contributed by atoms with Crippen LogP contribution in [-0.4, -0.2) is 56.3 Å². The molecule has 1 aliphatic heterocycles. The van der Waals surface area contributed by atoms with E-state index in [0.29, 0.717) is 41.8 Å². The summed E-state index contributed by atoms with van der Waals surface area (Å²) < 4.78 is 27.5. The van der Waals surface area contributed by atoms with Crippen LogP contribution in [0, 0.1) is 0 Å². The smallest absolute Gasteiger partial charge is 0.243 e. The summed E-state index contributed by atoms with van der Waals surface area (Å²) in [4.78, 5) is 14.5. The summed E-state index contributed by atoms with van der Waals surface area (Å²) in [7, 11) is -3.53. The van der Waals surface area contributed by atoms with Crippen LogP contribution in [0.25, 0.3) is 0 Å². The highest BCUT2D eigenvalue weighted by molar-refractivity contribution is 7.89. The van der Waals surface area contributed by atoms with Gasteiger partial charge in [-0.1, -0.05) is 29.8 Å². The normalized spacial score (nSPS) is 17.2. The Morgan fingerprint density at radius 2 is 1.72 bits per heavy atom. The monoisotopic (exact) mass is 433 g/mol. The van der Waals surface area contributed by atoms with Crippen LogP contribution in [0.4, 0.5) is 5.69 Å². The maximum Gasteiger partial charge on any atom is 0.243 e. The number of carbonyl (C=O) groups is 1. The molecule has 0 radical (unpaired) electrons. The Hall–Kier alpha value is -2.09. The van der Waals surface area contributed by atoms with Crippen LogP contribution in [-0.2, 0) is 27.7 Å². The zero-order chi connectivity index (χ0) is 20.4. The lowest BCUT2D eigenvalue weighted by Crippen LogP contribution is -2.51. The van der Waals surface area contributed by atoms with Crippen molar-refractivity contribution < 1.29 is 13.2 Å². The molecule has 0 saturated carbocycles. The first-order chi connectivity index (χ1) is 13.9. The molecular formula is C21H24ClN3O3S. The summed E-state index contributed by atoms with van der Waals surface area (Å²) in [5.74, 6) is -0.0699. The van der Waals surface area contributed by atoms with Crippen LogP contribution in [0.1, 0.15) is 17.5 Å². The number of nitrogens with one attached hydrogen (secondary N) is 1. The van der Waals surface area contributed by atoms with Crippen LogP contribution < -0.4 is 5.32 Å². The molecule has 29 heavy (non-hydrogen) atoms. The van der Waals surface area contributed by atoms with Crippen molar-refractivity contribution >= 4 is 33.2 Å². The number of amides is 1. The third-order valence-corrected chi connectivity index (χ3v) is 7.83. The van der Waals surface area contributed by atoms with Crippen molar-refractivity contribution in [3.8, 4) is 0 Å². The summed E-state index contributed by atoms with van der Waals surface area (Å²) in [6, 6.07) is 12.7. The summed E-state index contributed by atoms with van der Waals surface area (Å²) in [5, 5.41) is 3.61. The van der Waals surface area contributed by atoms with E-state index >= 15 is 0 Å². The van der Waals surface area contributed by atoms with Gasteiger partial charge in [-0.3, -0.25) is 4.79 Å². The highest BCUT2D eigenvalue weighted by atomic mass is 35.5. The van der Waals surface area contributed by atoms with Crippen molar-refractivity contribution in [3.63, 3.8) is 0 Å². The van der Waals surface area contributed by atoms with Crippen LogP contribution in [0.15, 0.2) is 47.4 Å². The quantitative estimate of drug-likeness (QED) is 0.787. The first-order valence-corrected chi connectivity index (χ1v) is 11.6. The third-order valence-electron chi connectivity index (χ3n) is 5.60. The number of para-hydroxylation sites is 1. The minimum absolute atomic E-state index is 0.0699. The number of carbonyl (C=O) groups excluding carboxylic acids is 1. The average Bonchev–Trinajstić information content (AvgIpc) is 3.21. The first-order valence-electron chi connectivity index (χ1n) is 9.83. The molecule has 2 aromatic rings. The van der Waals surface area contributed by atoms with Gasteiger partial charge in [0.05, 0.1) is 22.2 Å². The molecule has 0 spiro atoms. The van der Waals surface area contributed by atoms with Gasteiger partial charge in [0.15, 0.2) is 0 Å². The molecule has 0 bridgehead atoms. The number of halogens is 1. The van der Waals surface area contributed by atoms with Crippen molar-refractivity contribution in [2.45, 2.75) is 24.2 Å². The topological polar surface area (TPSA) is 69.7 Å². The van der Waals surface area contributed by atoms with E-state index in [1.807, 2.05) is 30.3 Å². The van der Waals surface area contributed by atoms with E-state index in [1.54, 1.807) is 17.0 Å². The number of anilines is 1. The Morgan fingerprint density at radius 3 is 2.48 bits per heavy atom. The number of hydrogen-bond donors (Lipinski definition) is 1. The van der Waals surface area contributed by atoms with Gasteiger partial charge in [-0.15, -0.1) is 0 Å². The van der Waals surface area contributed by atoms with Crippen LogP contribution in [0.5, 0.6) is 0 Å². The summed E-state index contributed by atoms with van der Waals surface area (Å²) in [5.41, 5.74) is 3.11. The highest BCUT2D eigenvalue weighted by Gasteiger charge is 2.30. The van der Waals surface area contributed by atoms with Crippen molar-refractivity contribution in [2.24, 2.45) is 0 Å². The Kier molecular flexibility index (Phi) is 5.81. The van der Waals surface area contributed by atoms with Crippen molar-refractivity contribution in [3.05, 3.63) is 58.6 Å². The fourth-order valence-electron chi connectivity index (χ4n) is 3.92. The summed E-state index contributed by atoms with van der Waals surface area (Å²) in [6.07, 6.45) is 3.06. The van der Waals surface area contributed by atoms with Gasteiger partial charge < -0.3 is 10.2 Å². The molecule has 8 heteroatoms. The number of aryl methyl sites for hydroxylation is 2. The Labute approximate surface area is 176 Å². The van der Waals surface area contributed by atoms with E-state index in [-0.39, 0.29) is 12.5 Å². The molecule has 0 atom stereocenters. The number of hydrogen-bond acceptors (Lipinski definition) is 4. The molecule has 1 aliphatic carbocycles. The number of piperazine rings is 1. The van der Waals surface area contributed by atoms with Gasteiger partial charge in [0.25, 0.3) is 0 Å². The molecule has 6 nitrogen and oxygen atoms in total. The van der Waals surface area contributed by atoms with E-state index in [1.165, 1.54) is 9.87 Å². The molecular weight excluding hydrogens is 410 g/mol. The standard InChI is InChI=1S/C21H24ClN3O3S/c22-19-6-1-2-7-20(19)23-15-21(26)24-10-12-25(13-11-24)29(27,28)18-9-8-16-4-3-5-17(16)14-18/h1-2,6-9,14,23H,3-5,10-13,15H2. The number of benzene rings is 2. The van der Waals surface area contributed by atoms with Crippen molar-refractivity contribution in [1.29, 1.82) is 0 Å². The van der Waals surface area contributed by atoms with E-state index in [2.05, 4.69) is 5.32 Å². The number of fused-ring (bicyclic) bond motifs is 1. The van der Waals surface area contributed by atoms with Crippen LogP contribution in [0.3, 0.4) is 0 Å². The molecule has 154 valence electrons. The van der Waals surface area contributed by atoms with Crippen molar-refractivity contribution in [2.75, 3.05) is 38.0 Å². The van der Waals surface area contributed by atoms with Gasteiger partial charge in [-0.05, 0) is 54.7 Å². The third kappa shape index (κ3) is 4.27. The van der Waals surface area contributed by atoms with E-state index in [4.69, 9.17) is 11.6 Å². The van der Waals surface area contributed by atoms with Gasteiger partial charge in [0.2, 0.25) is 15.9 Å². The van der Waals surface area contributed by atoms with Gasteiger partial charge >= 0.3 is 0 Å². The minimum Gasteiger partial charge on any atom is -0.375 e. The first kappa shape index (κ1) is 20.2. The average molecular weight is 434 g/mol. The fraction of sp³-hybridized carbons (Fsp3) is 0.381. The van der Waals surface area contributed by atoms with Gasteiger partial charge in [-0.2, -0.15) is 4.31 Å². The van der Waals surface area contributed by atoms with Crippen LogP contribution >= 0.6 is 11.6 Å². The fourth-order valence-corrected chi connectivity index (χ4v) is 5.60. The maximum absolute atomic E-state index is 13.0. The predicted molar refractivity (Wildman–Crippen MR) is 114 cm³/mol. The molecule has 1 saturated heterocycles. The number of sulfonamides is 1. The van der Waals surface area contributed by atoms with Gasteiger partial charge in [0.1, 0.15) is 0 Å². The minimum atomic E-state index is -3.53. The largest absolute Gasteiger partial charge is 0.375 e. The van der Waals surface area contributed by atoms with Gasteiger partial charge in [0, 0.05) is 26.2 Å². The van der Waals surface area contributed by atoms with E-state index in [9.17, 15) is 13.2 Å². The second kappa shape index (κ2) is 8.34. The van der Waals surface area contributed by atoms with Crippen molar-refractivity contribution in [1.82, 2.24) is 9.21 Å². The highest BCUT2D eigenvalue weighted by Crippen LogP contribution is 2.27. The van der Waals surface area contributed by atoms with E-state index < -0.39 is 10.0 Å². The lowest BCUT2D eigenvalue weighted by atomic mass is 10.1. The molecule has 1 heterocycles. The zero-order valence-electron chi connectivity index (χ0n) is 16.1. The SMILES string of the molecule is O=C(CNc1ccccc1Cl)N1CCN(S(=O)(=O)c2ccc3c(c2)CCC3)CC1. The molecule has 4 rings (SSSR count). The molecule has 0 unspecified atom stereocenters. The van der Waals surface area contributed by atoms with Gasteiger partial charge in [-0.25, -0.2) is 8.42 Å². The lowest BCUT2D eigenvalue weighted by Gasteiger charge is -2.34. The maximum atomic E-state index is 13.0. The Balaban J connectivity index is 1.35. The number of nitrogens with zero attached hydrogens (tertiary/aromatic N) is 2. The predicted octanol–water partition coefficient (Wildman–Crippen LogP) is 2.77. The molecule has 1 fully saturated rings. The Bertz CT molecular complexity index is 1020. The molecule has 0 aromatic heterocycles. The Morgan fingerprint density at radius 1 is 1.00 bits per heavy atom. The second-order valence-corrected chi connectivity index (χ2v) is 9.75. The van der Waals surface area contributed by atoms with E-state index in [0.717, 1.165) is 24.8 Å². The van der Waals surface area contributed by atoms with Crippen LogP contribution in [0.2, 0.25) is 5.02 Å². The molecule has 2 aliphatic rings. The molecule has 1 N–H and O–H groups in total. The summed E-state index contributed by atoms with van der Waals surface area (Å²) in [6.45, 7) is 1.50. The number of rotatable bonds is 5. The molecule has 1 amide bonds. The summed E-state index contributed by atoms with van der Waals surface area (Å²) >= 11 is 6.10. The lowest BCUT2D eigenvalue weighted by molar-refractivity contribution is -0.130. The second-order valence-electron chi connectivity index (χ2n) is 7.40.